The molecule has 1 aliphatic rings. The summed E-state index contributed by atoms with van der Waals surface area (Å²) in [6.07, 6.45) is 2.17. The number of carbonyl (C=O) groups excluding carboxylic acids is 1. The molecule has 28 heavy (non-hydrogen) atoms. The minimum absolute atomic E-state index is 0.206. The molecule has 1 saturated carbocycles. The average Bonchev–Trinajstić information content (AvgIpc) is 3.45. The highest BCUT2D eigenvalue weighted by Gasteiger charge is 2.31. The Hall–Kier alpha value is -2.74. The quantitative estimate of drug-likeness (QED) is 0.617. The molecule has 0 radical (unpaired) electrons. The van der Waals surface area contributed by atoms with Crippen molar-refractivity contribution >= 4 is 23.4 Å². The summed E-state index contributed by atoms with van der Waals surface area (Å²) in [5.41, 5.74) is 1.14. The van der Waals surface area contributed by atoms with Crippen LogP contribution in [0, 0.1) is 11.6 Å². The molecule has 144 valence electrons. The van der Waals surface area contributed by atoms with Gasteiger partial charge in [0.1, 0.15) is 5.82 Å². The van der Waals surface area contributed by atoms with Crippen molar-refractivity contribution in [3.63, 3.8) is 0 Å². The fraction of sp³-hybridized carbons (Fsp3) is 0.250. The molecular formula is C20H18F2N4OS. The van der Waals surface area contributed by atoms with E-state index in [1.54, 1.807) is 6.92 Å². The van der Waals surface area contributed by atoms with Crippen molar-refractivity contribution in [3.8, 4) is 5.69 Å². The van der Waals surface area contributed by atoms with Gasteiger partial charge in [0, 0.05) is 17.7 Å². The van der Waals surface area contributed by atoms with Gasteiger partial charge in [0.05, 0.1) is 10.9 Å². The summed E-state index contributed by atoms with van der Waals surface area (Å²) < 4.78 is 28.2. The molecule has 1 amide bonds. The van der Waals surface area contributed by atoms with Crippen LogP contribution in [-0.2, 0) is 4.79 Å². The van der Waals surface area contributed by atoms with Gasteiger partial charge in [0.2, 0.25) is 11.1 Å². The highest BCUT2D eigenvalue weighted by molar-refractivity contribution is 8.00. The van der Waals surface area contributed by atoms with Crippen LogP contribution < -0.4 is 5.32 Å². The summed E-state index contributed by atoms with van der Waals surface area (Å²) in [6, 6.07) is 13.0. The van der Waals surface area contributed by atoms with E-state index in [0.29, 0.717) is 11.1 Å². The minimum Gasteiger partial charge on any atom is -0.325 e. The Bertz CT molecular complexity index is 1000. The Balaban J connectivity index is 1.49. The molecule has 1 aliphatic carbocycles. The maximum atomic E-state index is 13.3. The van der Waals surface area contributed by atoms with E-state index in [9.17, 15) is 13.6 Å². The molecular weight excluding hydrogens is 382 g/mol. The third-order valence-corrected chi connectivity index (χ3v) is 5.35. The number of hydrogen-bond acceptors (Lipinski definition) is 4. The highest BCUT2D eigenvalue weighted by Crippen LogP contribution is 2.40. The van der Waals surface area contributed by atoms with Crippen LogP contribution in [0.25, 0.3) is 5.69 Å². The standard InChI is InChI=1S/C20H18F2N4OS/c1-12(19(27)23-14-9-10-16(21)17(22)11-14)28-20-24-18(13-7-8-13)26(25-20)15-5-3-2-4-6-15/h2-6,9-13H,7-8H2,1H3,(H,23,27)/t12-/m0/s1. The van der Waals surface area contributed by atoms with Gasteiger partial charge in [0.15, 0.2) is 11.6 Å². The maximum Gasteiger partial charge on any atom is 0.237 e. The van der Waals surface area contributed by atoms with Crippen molar-refractivity contribution in [2.45, 2.75) is 36.1 Å². The summed E-state index contributed by atoms with van der Waals surface area (Å²) in [4.78, 5) is 17.0. The summed E-state index contributed by atoms with van der Waals surface area (Å²) >= 11 is 1.23. The fourth-order valence-electron chi connectivity index (χ4n) is 2.75. The molecule has 1 fully saturated rings. The normalized spacial score (nSPS) is 14.7. The van der Waals surface area contributed by atoms with Crippen LogP contribution >= 0.6 is 11.8 Å². The first-order chi connectivity index (χ1) is 13.5. The number of thioether (sulfide) groups is 1. The van der Waals surface area contributed by atoms with Crippen LogP contribution in [-0.4, -0.2) is 25.9 Å². The summed E-state index contributed by atoms with van der Waals surface area (Å²) in [6.45, 7) is 1.72. The van der Waals surface area contributed by atoms with E-state index in [1.165, 1.54) is 17.8 Å². The zero-order valence-corrected chi connectivity index (χ0v) is 15.9. The van der Waals surface area contributed by atoms with Crippen LogP contribution in [0.1, 0.15) is 31.5 Å². The summed E-state index contributed by atoms with van der Waals surface area (Å²) in [7, 11) is 0. The van der Waals surface area contributed by atoms with Gasteiger partial charge in [-0.25, -0.2) is 18.4 Å². The molecule has 0 saturated heterocycles. The van der Waals surface area contributed by atoms with Gasteiger partial charge in [-0.3, -0.25) is 4.79 Å². The number of benzene rings is 2. The van der Waals surface area contributed by atoms with E-state index in [0.717, 1.165) is 36.5 Å². The molecule has 0 unspecified atom stereocenters. The van der Waals surface area contributed by atoms with E-state index < -0.39 is 16.9 Å². The van der Waals surface area contributed by atoms with E-state index in [-0.39, 0.29) is 11.6 Å². The fourth-order valence-corrected chi connectivity index (χ4v) is 3.51. The lowest BCUT2D eigenvalue weighted by molar-refractivity contribution is -0.115. The van der Waals surface area contributed by atoms with Crippen molar-refractivity contribution in [1.82, 2.24) is 14.8 Å². The molecule has 1 N–H and O–H groups in total. The lowest BCUT2D eigenvalue weighted by Crippen LogP contribution is -2.22. The Morgan fingerprint density at radius 3 is 2.61 bits per heavy atom. The lowest BCUT2D eigenvalue weighted by atomic mass is 10.3. The summed E-state index contributed by atoms with van der Waals surface area (Å²) in [5, 5.41) is 7.17. The number of nitrogens with one attached hydrogen (secondary N) is 1. The monoisotopic (exact) mass is 400 g/mol. The number of rotatable bonds is 6. The Labute approximate surface area is 165 Å². The number of anilines is 1. The molecule has 2 aromatic carbocycles. The van der Waals surface area contributed by atoms with Crippen LogP contribution in [0.15, 0.2) is 53.7 Å². The van der Waals surface area contributed by atoms with Gasteiger partial charge in [-0.2, -0.15) is 0 Å². The maximum absolute atomic E-state index is 13.3. The number of hydrogen-bond donors (Lipinski definition) is 1. The molecule has 3 aromatic rings. The highest BCUT2D eigenvalue weighted by atomic mass is 32.2. The molecule has 0 bridgehead atoms. The summed E-state index contributed by atoms with van der Waals surface area (Å²) in [5.74, 6) is -0.991. The zero-order valence-electron chi connectivity index (χ0n) is 15.1. The smallest absolute Gasteiger partial charge is 0.237 e. The topological polar surface area (TPSA) is 59.8 Å². The molecule has 5 nitrogen and oxygen atoms in total. The number of halogens is 2. The number of nitrogens with zero attached hydrogens (tertiary/aromatic N) is 3. The third-order valence-electron chi connectivity index (χ3n) is 4.39. The van der Waals surface area contributed by atoms with Crippen molar-refractivity contribution in [2.24, 2.45) is 0 Å². The van der Waals surface area contributed by atoms with Crippen molar-refractivity contribution in [1.29, 1.82) is 0 Å². The minimum atomic E-state index is -1.00. The first-order valence-corrected chi connectivity index (χ1v) is 9.84. The van der Waals surface area contributed by atoms with Crippen molar-refractivity contribution in [2.75, 3.05) is 5.32 Å². The van der Waals surface area contributed by atoms with Gasteiger partial charge in [-0.15, -0.1) is 5.10 Å². The number of para-hydroxylation sites is 1. The van der Waals surface area contributed by atoms with Crippen LogP contribution in [0.2, 0.25) is 0 Å². The second-order valence-electron chi connectivity index (χ2n) is 6.65. The van der Waals surface area contributed by atoms with E-state index in [4.69, 9.17) is 0 Å². The largest absolute Gasteiger partial charge is 0.325 e. The first-order valence-electron chi connectivity index (χ1n) is 8.96. The predicted molar refractivity (Wildman–Crippen MR) is 104 cm³/mol. The third kappa shape index (κ3) is 4.06. The van der Waals surface area contributed by atoms with Gasteiger partial charge in [-0.1, -0.05) is 30.0 Å². The number of carbonyl (C=O) groups is 1. The van der Waals surface area contributed by atoms with Crippen LogP contribution in [0.4, 0.5) is 14.5 Å². The number of amides is 1. The van der Waals surface area contributed by atoms with Crippen LogP contribution in [0.5, 0.6) is 0 Å². The molecule has 1 atom stereocenters. The molecule has 1 heterocycles. The van der Waals surface area contributed by atoms with E-state index in [1.807, 2.05) is 35.0 Å². The second-order valence-corrected chi connectivity index (χ2v) is 7.96. The van der Waals surface area contributed by atoms with Crippen molar-refractivity contribution < 1.29 is 13.6 Å². The van der Waals surface area contributed by atoms with E-state index >= 15 is 0 Å². The van der Waals surface area contributed by atoms with Gasteiger partial charge in [0.25, 0.3) is 0 Å². The molecule has 0 spiro atoms. The Morgan fingerprint density at radius 2 is 1.93 bits per heavy atom. The van der Waals surface area contributed by atoms with Gasteiger partial charge < -0.3 is 5.32 Å². The first kappa shape index (κ1) is 18.6. The lowest BCUT2D eigenvalue weighted by Gasteiger charge is -2.10. The Morgan fingerprint density at radius 1 is 1.18 bits per heavy atom. The zero-order chi connectivity index (χ0) is 19.7. The van der Waals surface area contributed by atoms with Crippen LogP contribution in [0.3, 0.4) is 0 Å². The van der Waals surface area contributed by atoms with Gasteiger partial charge >= 0.3 is 0 Å². The molecule has 1 aromatic heterocycles. The second kappa shape index (κ2) is 7.71. The molecule has 4 rings (SSSR count). The molecule has 8 heteroatoms. The average molecular weight is 400 g/mol. The SMILES string of the molecule is C[C@H](Sc1nc(C2CC2)n(-c2ccccc2)n1)C(=O)Nc1ccc(F)c(F)c1. The predicted octanol–water partition coefficient (Wildman–Crippen LogP) is 4.54. The number of aromatic nitrogens is 3. The van der Waals surface area contributed by atoms with Crippen molar-refractivity contribution in [3.05, 3.63) is 66.0 Å². The van der Waals surface area contributed by atoms with Gasteiger partial charge in [-0.05, 0) is 44.0 Å². The molecule has 0 aliphatic heterocycles. The Kier molecular flexibility index (Phi) is 5.13. The van der Waals surface area contributed by atoms with E-state index in [2.05, 4.69) is 15.4 Å².